The van der Waals surface area contributed by atoms with Crippen molar-refractivity contribution in [3.05, 3.63) is 88.0 Å². The molecule has 0 unspecified atom stereocenters. The van der Waals surface area contributed by atoms with Crippen LogP contribution in [0.25, 0.3) is 0 Å². The van der Waals surface area contributed by atoms with E-state index in [0.29, 0.717) is 31.8 Å². The van der Waals surface area contributed by atoms with E-state index < -0.39 is 0 Å². The lowest BCUT2D eigenvalue weighted by atomic mass is 10.1. The number of carbonyl (C=O) groups excluding carboxylic acids is 1. The van der Waals surface area contributed by atoms with Crippen molar-refractivity contribution in [1.29, 1.82) is 0 Å². The molecular weight excluding hydrogens is 330 g/mol. The van der Waals surface area contributed by atoms with E-state index in [1.807, 2.05) is 18.2 Å². The number of carbonyl (C=O) groups is 1. The van der Waals surface area contributed by atoms with Crippen molar-refractivity contribution in [1.82, 2.24) is 14.5 Å². The van der Waals surface area contributed by atoms with Crippen LogP contribution in [-0.4, -0.2) is 33.4 Å². The maximum Gasteiger partial charge on any atom is 0.289 e. The molecule has 0 atom stereocenters. The molecule has 0 fully saturated rings. The van der Waals surface area contributed by atoms with Crippen molar-refractivity contribution in [2.75, 3.05) is 13.1 Å². The van der Waals surface area contributed by atoms with Gasteiger partial charge < -0.3 is 13.9 Å². The maximum absolute atomic E-state index is 12.6. The highest BCUT2D eigenvalue weighted by Gasteiger charge is 2.23. The number of hydrogen-bond acceptors (Lipinski definition) is 4. The predicted octanol–water partition coefficient (Wildman–Crippen LogP) is 2.13. The zero-order valence-electron chi connectivity index (χ0n) is 14.3. The molecule has 3 aromatic rings. The summed E-state index contributed by atoms with van der Waals surface area (Å²) in [5, 5.41) is 0. The SMILES string of the molecule is O=C(c1ccco1)N1CCc2ccc(=O)n(Cc3cccnc3)c2CC1. The molecule has 0 aliphatic carbocycles. The molecule has 0 saturated heterocycles. The molecule has 6 heteroatoms. The van der Waals surface area contributed by atoms with Crippen LogP contribution in [0.4, 0.5) is 0 Å². The van der Waals surface area contributed by atoms with E-state index in [2.05, 4.69) is 4.98 Å². The molecule has 1 aliphatic rings. The molecule has 0 N–H and O–H groups in total. The highest BCUT2D eigenvalue weighted by molar-refractivity contribution is 5.91. The van der Waals surface area contributed by atoms with Crippen molar-refractivity contribution in [2.45, 2.75) is 19.4 Å². The van der Waals surface area contributed by atoms with Gasteiger partial charge in [-0.25, -0.2) is 0 Å². The molecule has 0 saturated carbocycles. The first-order chi connectivity index (χ1) is 12.7. The van der Waals surface area contributed by atoms with Crippen LogP contribution in [0.1, 0.15) is 27.4 Å². The van der Waals surface area contributed by atoms with Crippen LogP contribution in [0.5, 0.6) is 0 Å². The molecule has 0 bridgehead atoms. The highest BCUT2D eigenvalue weighted by Crippen LogP contribution is 2.17. The van der Waals surface area contributed by atoms with Gasteiger partial charge in [0.05, 0.1) is 12.8 Å². The molecular formula is C20H19N3O3. The summed E-state index contributed by atoms with van der Waals surface area (Å²) in [6.07, 6.45) is 6.35. The topological polar surface area (TPSA) is 68.3 Å². The van der Waals surface area contributed by atoms with Crippen molar-refractivity contribution < 1.29 is 9.21 Å². The zero-order valence-corrected chi connectivity index (χ0v) is 14.3. The first-order valence-electron chi connectivity index (χ1n) is 8.65. The molecule has 0 radical (unpaired) electrons. The van der Waals surface area contributed by atoms with Crippen LogP contribution in [0.2, 0.25) is 0 Å². The minimum Gasteiger partial charge on any atom is -0.459 e. The predicted molar refractivity (Wildman–Crippen MR) is 96.1 cm³/mol. The van der Waals surface area contributed by atoms with Crippen LogP contribution < -0.4 is 5.56 Å². The monoisotopic (exact) mass is 349 g/mol. The van der Waals surface area contributed by atoms with Gasteiger partial charge in [-0.05, 0) is 35.7 Å². The summed E-state index contributed by atoms with van der Waals surface area (Å²) < 4.78 is 7.03. The smallest absolute Gasteiger partial charge is 0.289 e. The summed E-state index contributed by atoms with van der Waals surface area (Å²) >= 11 is 0. The molecule has 132 valence electrons. The standard InChI is InChI=1S/C20H19N3O3/c24-19-6-5-16-7-10-22(20(25)18-4-2-12-26-18)11-8-17(16)23(19)14-15-3-1-9-21-13-15/h1-6,9,12-13H,7-8,10-11,14H2. The van der Waals surface area contributed by atoms with E-state index in [-0.39, 0.29) is 11.5 Å². The first-order valence-corrected chi connectivity index (χ1v) is 8.65. The Hall–Kier alpha value is -3.15. The van der Waals surface area contributed by atoms with Crippen molar-refractivity contribution in [3.8, 4) is 0 Å². The molecule has 1 amide bonds. The minimum absolute atomic E-state index is 0.0292. The maximum atomic E-state index is 12.6. The lowest BCUT2D eigenvalue weighted by Crippen LogP contribution is -2.33. The number of amides is 1. The third-order valence-electron chi connectivity index (χ3n) is 4.74. The Balaban J connectivity index is 1.61. The van der Waals surface area contributed by atoms with Gasteiger partial charge in [-0.3, -0.25) is 14.6 Å². The number of furan rings is 1. The molecule has 26 heavy (non-hydrogen) atoms. The van der Waals surface area contributed by atoms with E-state index >= 15 is 0 Å². The van der Waals surface area contributed by atoms with Gasteiger partial charge in [0.25, 0.3) is 11.5 Å². The van der Waals surface area contributed by atoms with E-state index in [9.17, 15) is 9.59 Å². The average molecular weight is 349 g/mol. The Labute approximate surface area is 150 Å². The van der Waals surface area contributed by atoms with Gasteiger partial charge in [0.15, 0.2) is 5.76 Å². The second-order valence-corrected chi connectivity index (χ2v) is 6.36. The lowest BCUT2D eigenvalue weighted by Gasteiger charge is -2.18. The molecule has 0 spiro atoms. The summed E-state index contributed by atoms with van der Waals surface area (Å²) in [4.78, 5) is 30.9. The van der Waals surface area contributed by atoms with Crippen molar-refractivity contribution >= 4 is 5.91 Å². The molecule has 6 nitrogen and oxygen atoms in total. The zero-order chi connectivity index (χ0) is 17.9. The Kier molecular flexibility index (Phi) is 4.39. The van der Waals surface area contributed by atoms with Gasteiger partial charge in [0.1, 0.15) is 0 Å². The van der Waals surface area contributed by atoms with E-state index in [0.717, 1.165) is 23.2 Å². The van der Waals surface area contributed by atoms with Crippen LogP contribution in [-0.2, 0) is 19.4 Å². The van der Waals surface area contributed by atoms with E-state index in [1.165, 1.54) is 6.26 Å². The third-order valence-corrected chi connectivity index (χ3v) is 4.74. The fraction of sp³-hybridized carbons (Fsp3) is 0.250. The lowest BCUT2D eigenvalue weighted by molar-refractivity contribution is 0.0731. The molecule has 0 aromatic carbocycles. The van der Waals surface area contributed by atoms with Gasteiger partial charge in [-0.1, -0.05) is 12.1 Å². The Morgan fingerprint density at radius 1 is 1.12 bits per heavy atom. The second-order valence-electron chi connectivity index (χ2n) is 6.36. The van der Waals surface area contributed by atoms with Gasteiger partial charge in [-0.2, -0.15) is 0 Å². The van der Waals surface area contributed by atoms with Gasteiger partial charge in [0, 0.05) is 43.7 Å². The number of hydrogen-bond donors (Lipinski definition) is 0. The number of nitrogens with zero attached hydrogens (tertiary/aromatic N) is 3. The fourth-order valence-corrected chi connectivity index (χ4v) is 3.40. The summed E-state index contributed by atoms with van der Waals surface area (Å²) in [7, 11) is 0. The van der Waals surface area contributed by atoms with Crippen molar-refractivity contribution in [2.24, 2.45) is 0 Å². The normalized spacial score (nSPS) is 13.9. The third kappa shape index (κ3) is 3.18. The van der Waals surface area contributed by atoms with Gasteiger partial charge in [0.2, 0.25) is 0 Å². The van der Waals surface area contributed by atoms with Crippen LogP contribution >= 0.6 is 0 Å². The molecule has 1 aliphatic heterocycles. The Bertz CT molecular complexity index is 962. The summed E-state index contributed by atoms with van der Waals surface area (Å²) in [5.41, 5.74) is 3.06. The molecule has 3 aromatic heterocycles. The summed E-state index contributed by atoms with van der Waals surface area (Å²) in [6.45, 7) is 1.66. The molecule has 4 rings (SSSR count). The largest absolute Gasteiger partial charge is 0.459 e. The number of fused-ring (bicyclic) bond motifs is 1. The van der Waals surface area contributed by atoms with Crippen molar-refractivity contribution in [3.63, 3.8) is 0 Å². The summed E-state index contributed by atoms with van der Waals surface area (Å²) in [6, 6.07) is 10.7. The van der Waals surface area contributed by atoms with E-state index in [1.54, 1.807) is 40.1 Å². The molecule has 4 heterocycles. The van der Waals surface area contributed by atoms with Gasteiger partial charge >= 0.3 is 0 Å². The number of pyridine rings is 2. The fourth-order valence-electron chi connectivity index (χ4n) is 3.40. The second kappa shape index (κ2) is 7.00. The number of rotatable bonds is 3. The quantitative estimate of drug-likeness (QED) is 0.726. The van der Waals surface area contributed by atoms with Gasteiger partial charge in [-0.15, -0.1) is 0 Å². The average Bonchev–Trinajstić information content (AvgIpc) is 3.12. The van der Waals surface area contributed by atoms with E-state index in [4.69, 9.17) is 4.42 Å². The first kappa shape index (κ1) is 16.3. The van der Waals surface area contributed by atoms with Crippen LogP contribution in [0.15, 0.2) is 64.3 Å². The highest BCUT2D eigenvalue weighted by atomic mass is 16.3. The number of aromatic nitrogens is 2. The van der Waals surface area contributed by atoms with Crippen LogP contribution in [0, 0.1) is 0 Å². The van der Waals surface area contributed by atoms with Crippen LogP contribution in [0.3, 0.4) is 0 Å². The minimum atomic E-state index is -0.107. The Morgan fingerprint density at radius 2 is 2.00 bits per heavy atom. The Morgan fingerprint density at radius 3 is 2.77 bits per heavy atom. The summed E-state index contributed by atoms with van der Waals surface area (Å²) in [5.74, 6) is 0.243.